The first-order valence-electron chi connectivity index (χ1n) is 16.9. The van der Waals surface area contributed by atoms with Gasteiger partial charge in [-0.3, -0.25) is 14.4 Å². The Labute approximate surface area is 382 Å². The summed E-state index contributed by atoms with van der Waals surface area (Å²) in [6.45, 7) is 0.982. The number of aliphatic hydroxyl groups is 2. The molecule has 5 unspecified atom stereocenters. The molecular formula is C35H46I6N2O8. The molecule has 0 amide bonds. The molecule has 2 rings (SSSR count). The number of anilines is 2. The smallest absolute Gasteiger partial charge is 0.314 e. The summed E-state index contributed by atoms with van der Waals surface area (Å²) in [6.07, 6.45) is 8.85. The summed E-state index contributed by atoms with van der Waals surface area (Å²) in [4.78, 5) is 41.4. The number of carbonyl (C=O) groups excluding carboxylic acids is 1. The van der Waals surface area contributed by atoms with Crippen molar-refractivity contribution in [3.63, 3.8) is 0 Å². The second-order valence-corrected chi connectivity index (χ2v) is 19.3. The summed E-state index contributed by atoms with van der Waals surface area (Å²) in [5.74, 6) is -7.46. The monoisotopic (exact) mass is 1380 g/mol. The fourth-order valence-corrected chi connectivity index (χ4v) is 14.1. The quantitative estimate of drug-likeness (QED) is 0.0336. The van der Waals surface area contributed by atoms with Crippen molar-refractivity contribution in [1.82, 2.24) is 0 Å². The van der Waals surface area contributed by atoms with Gasteiger partial charge in [-0.05, 0) is 165 Å². The zero-order valence-electron chi connectivity index (χ0n) is 28.3. The van der Waals surface area contributed by atoms with Crippen molar-refractivity contribution in [2.24, 2.45) is 5.92 Å². The molecule has 2 aromatic rings. The third-order valence-electron chi connectivity index (χ3n) is 8.78. The van der Waals surface area contributed by atoms with Crippen LogP contribution in [0.15, 0.2) is 12.1 Å². The fraction of sp³-hybridized carbons (Fsp3) is 0.571. The van der Waals surface area contributed by atoms with Crippen LogP contribution in [-0.4, -0.2) is 63.6 Å². The summed E-state index contributed by atoms with van der Waals surface area (Å²) < 4.78 is 9.52. The van der Waals surface area contributed by atoms with Crippen molar-refractivity contribution >= 4 is 165 Å². The normalized spacial score (nSPS) is 14.5. The summed E-state index contributed by atoms with van der Waals surface area (Å²) >= 11 is 12.2. The van der Waals surface area contributed by atoms with Crippen LogP contribution in [0.4, 0.5) is 11.4 Å². The first-order chi connectivity index (χ1) is 24.1. The second kappa shape index (κ2) is 24.5. The lowest BCUT2D eigenvalue weighted by atomic mass is 9.75. The first-order valence-corrected chi connectivity index (χ1v) is 23.3. The number of benzene rings is 2. The van der Waals surface area contributed by atoms with E-state index >= 15 is 0 Å². The number of aliphatic hydroxyl groups excluding tert-OH is 2. The number of aliphatic carboxylic acids is 2. The zero-order chi connectivity index (χ0) is 38.4. The van der Waals surface area contributed by atoms with Crippen LogP contribution in [0.25, 0.3) is 0 Å². The Kier molecular flexibility index (Phi) is 23.1. The Hall–Kier alpha value is 0.910. The molecule has 10 nitrogen and oxygen atoms in total. The number of unbranched alkanes of at least 4 members (excludes halogenated alkanes) is 10. The molecule has 0 bridgehead atoms. The number of nitrogen functional groups attached to an aromatic ring is 2. The van der Waals surface area contributed by atoms with Gasteiger partial charge in [0.1, 0.15) is 18.1 Å². The zero-order valence-corrected chi connectivity index (χ0v) is 41.2. The molecular weight excluding hydrogens is 1340 g/mol. The van der Waals surface area contributed by atoms with Crippen molar-refractivity contribution < 1.29 is 39.5 Å². The van der Waals surface area contributed by atoms with Gasteiger partial charge in [-0.2, -0.15) is 0 Å². The average Bonchev–Trinajstić information content (AvgIpc) is 3.07. The third kappa shape index (κ3) is 14.1. The summed E-state index contributed by atoms with van der Waals surface area (Å²) in [7, 11) is 0. The van der Waals surface area contributed by atoms with E-state index < -0.39 is 60.9 Å². The number of Topliss-reactive ketones (excluding diaryl/α,β-unsaturated/α-hetero) is 1. The van der Waals surface area contributed by atoms with Gasteiger partial charge in [0, 0.05) is 27.3 Å². The van der Waals surface area contributed by atoms with E-state index in [2.05, 4.69) is 74.7 Å². The molecule has 2 aromatic carbocycles. The van der Waals surface area contributed by atoms with E-state index in [1.54, 1.807) is 12.1 Å². The molecule has 0 aliphatic heterocycles. The maximum Gasteiger partial charge on any atom is 0.314 e. The maximum atomic E-state index is 15.0. The van der Waals surface area contributed by atoms with E-state index in [1.807, 2.05) is 67.8 Å². The minimum Gasteiger partial charge on any atom is -0.481 e. The van der Waals surface area contributed by atoms with Gasteiger partial charge in [-0.25, -0.2) is 0 Å². The number of carboxylic acids is 2. The largest absolute Gasteiger partial charge is 0.481 e. The van der Waals surface area contributed by atoms with Crippen LogP contribution >= 0.6 is 136 Å². The summed E-state index contributed by atoms with van der Waals surface area (Å²) in [5.41, 5.74) is 14.1. The lowest BCUT2D eigenvalue weighted by Crippen LogP contribution is -2.44. The van der Waals surface area contributed by atoms with Gasteiger partial charge in [-0.1, -0.05) is 77.6 Å². The SMILES string of the molecule is CCCCCCCCCCCCCC(C(=O)C(OCC(O)CO)C(C(=O)O)c1c(I)cc(I)c(N)c1I)C(C(=O)O)c1c(I)cc(I)c(N)c1I. The number of carboxylic acid groups (broad SMARTS) is 2. The van der Waals surface area contributed by atoms with E-state index in [1.165, 1.54) is 38.5 Å². The van der Waals surface area contributed by atoms with Crippen molar-refractivity contribution in [2.45, 2.75) is 108 Å². The predicted molar refractivity (Wildman–Crippen MR) is 251 cm³/mol. The predicted octanol–water partition coefficient (Wildman–Crippen LogP) is 9.14. The van der Waals surface area contributed by atoms with Crippen LogP contribution in [0.1, 0.15) is 107 Å². The molecule has 5 atom stereocenters. The number of nitrogens with two attached hydrogens (primary N) is 2. The van der Waals surface area contributed by atoms with Gasteiger partial charge in [0.25, 0.3) is 0 Å². The van der Waals surface area contributed by atoms with Crippen LogP contribution in [-0.2, 0) is 19.1 Å². The van der Waals surface area contributed by atoms with Crippen LogP contribution < -0.4 is 11.5 Å². The Morgan fingerprint density at radius 1 is 0.686 bits per heavy atom. The van der Waals surface area contributed by atoms with Crippen molar-refractivity contribution in [3.8, 4) is 0 Å². The summed E-state index contributed by atoms with van der Waals surface area (Å²) in [6, 6.07) is 3.49. The maximum absolute atomic E-state index is 15.0. The van der Waals surface area contributed by atoms with E-state index in [0.717, 1.165) is 29.3 Å². The highest BCUT2D eigenvalue weighted by Crippen LogP contribution is 2.43. The molecule has 0 saturated carbocycles. The number of ketones is 1. The molecule has 0 spiro atoms. The number of halogens is 6. The fourth-order valence-electron chi connectivity index (χ4n) is 6.04. The van der Waals surface area contributed by atoms with Gasteiger partial charge >= 0.3 is 11.9 Å². The number of carbonyl (C=O) groups is 3. The summed E-state index contributed by atoms with van der Waals surface area (Å²) in [5, 5.41) is 41.4. The number of hydrogen-bond donors (Lipinski definition) is 6. The van der Waals surface area contributed by atoms with Gasteiger partial charge in [-0.15, -0.1) is 0 Å². The molecule has 0 aliphatic rings. The Bertz CT molecular complexity index is 1500. The highest BCUT2D eigenvalue weighted by molar-refractivity contribution is 14.1. The highest BCUT2D eigenvalue weighted by Gasteiger charge is 2.46. The Balaban J connectivity index is 2.62. The molecule has 0 saturated heterocycles. The van der Waals surface area contributed by atoms with Crippen molar-refractivity contribution in [2.75, 3.05) is 24.7 Å². The number of rotatable bonds is 24. The standard InChI is InChI=1S/C35H46I6N2O8/c1-2-3-4-5-6-7-8-9-10-11-12-13-19(24(34(47)48)25-20(36)14-22(38)30(42)28(25)40)32(46)33(51-17-18(45)16-44)27(35(49)50)26-21(37)15-23(39)31(43)29(26)41/h14-15,18-19,24,27,33,44-45H,2-13,16-17,42-43H2,1H3,(H,47,48)(H,49,50). The van der Waals surface area contributed by atoms with Crippen molar-refractivity contribution in [3.05, 3.63) is 44.7 Å². The molecule has 0 fully saturated rings. The lowest BCUT2D eigenvalue weighted by Gasteiger charge is -2.32. The molecule has 51 heavy (non-hydrogen) atoms. The van der Waals surface area contributed by atoms with Gasteiger partial charge < -0.3 is 36.6 Å². The Morgan fingerprint density at radius 2 is 1.10 bits per heavy atom. The van der Waals surface area contributed by atoms with Crippen molar-refractivity contribution in [1.29, 1.82) is 0 Å². The van der Waals surface area contributed by atoms with Crippen LogP contribution in [0.2, 0.25) is 0 Å². The second-order valence-electron chi connectivity index (χ2n) is 12.5. The third-order valence-corrected chi connectivity index (χ3v) is 14.7. The van der Waals surface area contributed by atoms with Gasteiger partial charge in [0.15, 0.2) is 5.78 Å². The molecule has 0 heterocycles. The van der Waals surface area contributed by atoms with E-state index in [4.69, 9.17) is 16.2 Å². The van der Waals surface area contributed by atoms with E-state index in [-0.39, 0.29) is 12.0 Å². The topological polar surface area (TPSA) is 193 Å². The minimum absolute atomic E-state index is 0.169. The van der Waals surface area contributed by atoms with Gasteiger partial charge in [0.2, 0.25) is 0 Å². The average molecular weight is 1380 g/mol. The van der Waals surface area contributed by atoms with Crippen LogP contribution in [0.3, 0.4) is 0 Å². The number of ether oxygens (including phenoxy) is 1. The molecule has 8 N–H and O–H groups in total. The Morgan fingerprint density at radius 3 is 1.51 bits per heavy atom. The minimum atomic E-state index is -1.71. The van der Waals surface area contributed by atoms with Crippen LogP contribution in [0, 0.1) is 27.3 Å². The molecule has 0 aromatic heterocycles. The van der Waals surface area contributed by atoms with Crippen LogP contribution in [0.5, 0.6) is 0 Å². The molecule has 0 aliphatic carbocycles. The molecule has 16 heteroatoms. The van der Waals surface area contributed by atoms with Gasteiger partial charge in [0.05, 0.1) is 30.5 Å². The lowest BCUT2D eigenvalue weighted by molar-refractivity contribution is -0.154. The molecule has 286 valence electrons. The first kappa shape index (κ1) is 48.1. The van der Waals surface area contributed by atoms with E-state index in [9.17, 15) is 34.8 Å². The number of hydrogen-bond acceptors (Lipinski definition) is 8. The molecule has 0 radical (unpaired) electrons. The van der Waals surface area contributed by atoms with E-state index in [0.29, 0.717) is 41.2 Å². The highest BCUT2D eigenvalue weighted by atomic mass is 127.